The van der Waals surface area contributed by atoms with Gasteiger partial charge in [0.15, 0.2) is 0 Å². The van der Waals surface area contributed by atoms with Crippen molar-refractivity contribution in [1.82, 2.24) is 15.0 Å². The molecule has 0 saturated heterocycles. The quantitative estimate of drug-likeness (QED) is 0.417. The van der Waals surface area contributed by atoms with Gasteiger partial charge in [0.05, 0.1) is 0 Å². The molecule has 156 valence electrons. The first-order valence-corrected chi connectivity index (χ1v) is 10.4. The molecule has 0 spiro atoms. The van der Waals surface area contributed by atoms with Gasteiger partial charge in [-0.2, -0.15) is 4.98 Å². The molecule has 0 bridgehead atoms. The molecule has 0 unspecified atom stereocenters. The zero-order chi connectivity index (χ0) is 21.6. The number of rotatable bonds is 7. The number of hydrogen-bond donors (Lipinski definition) is 0. The second kappa shape index (κ2) is 9.39. The van der Waals surface area contributed by atoms with E-state index in [2.05, 4.69) is 10.1 Å². The van der Waals surface area contributed by atoms with Gasteiger partial charge in [-0.25, -0.2) is 0 Å². The van der Waals surface area contributed by atoms with E-state index in [4.69, 9.17) is 4.52 Å². The molecule has 3 aromatic carbocycles. The average Bonchev–Trinajstić information content (AvgIpc) is 3.26. The Labute approximate surface area is 182 Å². The molecule has 0 atom stereocenters. The van der Waals surface area contributed by atoms with Crippen molar-refractivity contribution in [3.63, 3.8) is 0 Å². The van der Waals surface area contributed by atoms with Gasteiger partial charge in [0.1, 0.15) is 0 Å². The lowest BCUT2D eigenvalue weighted by atomic mass is 10.1. The highest BCUT2D eigenvalue weighted by molar-refractivity contribution is 5.94. The first-order chi connectivity index (χ1) is 15.1. The summed E-state index contributed by atoms with van der Waals surface area (Å²) in [7, 11) is 0. The van der Waals surface area contributed by atoms with Gasteiger partial charge in [-0.1, -0.05) is 76.9 Å². The van der Waals surface area contributed by atoms with Crippen molar-refractivity contribution in [2.24, 2.45) is 0 Å². The highest BCUT2D eigenvalue weighted by atomic mass is 16.5. The Balaban J connectivity index is 1.50. The minimum atomic E-state index is -0.0118. The second-order valence-electron chi connectivity index (χ2n) is 7.71. The Morgan fingerprint density at radius 2 is 1.68 bits per heavy atom. The minimum Gasteiger partial charge on any atom is -0.339 e. The summed E-state index contributed by atoms with van der Waals surface area (Å²) in [6.07, 6.45) is 0.489. The average molecular weight is 412 g/mol. The summed E-state index contributed by atoms with van der Waals surface area (Å²) >= 11 is 0. The molecular weight excluding hydrogens is 386 g/mol. The Morgan fingerprint density at radius 3 is 2.42 bits per heavy atom. The van der Waals surface area contributed by atoms with Gasteiger partial charge in [0.25, 0.3) is 5.91 Å². The number of benzene rings is 3. The second-order valence-corrected chi connectivity index (χ2v) is 7.71. The number of carbonyl (C=O) groups is 1. The van der Waals surface area contributed by atoms with Crippen LogP contribution in [0, 0.1) is 13.8 Å². The highest BCUT2D eigenvalue weighted by Gasteiger charge is 2.18. The van der Waals surface area contributed by atoms with Crippen LogP contribution in [0.15, 0.2) is 83.4 Å². The van der Waals surface area contributed by atoms with Crippen molar-refractivity contribution < 1.29 is 9.32 Å². The van der Waals surface area contributed by atoms with Crippen molar-refractivity contribution in [2.45, 2.75) is 26.8 Å². The van der Waals surface area contributed by atoms with Crippen molar-refractivity contribution in [2.75, 3.05) is 6.54 Å². The normalized spacial score (nSPS) is 10.8. The van der Waals surface area contributed by atoms with Crippen LogP contribution in [0.3, 0.4) is 0 Å². The first kappa shape index (κ1) is 20.5. The third kappa shape index (κ3) is 5.25. The van der Waals surface area contributed by atoms with Gasteiger partial charge in [-0.05, 0) is 37.6 Å². The van der Waals surface area contributed by atoms with E-state index < -0.39 is 0 Å². The summed E-state index contributed by atoms with van der Waals surface area (Å²) in [5.74, 6) is 1.08. The van der Waals surface area contributed by atoms with E-state index >= 15 is 0 Å². The van der Waals surface area contributed by atoms with E-state index in [9.17, 15) is 4.79 Å². The molecule has 4 aromatic rings. The molecule has 0 aliphatic carbocycles. The minimum absolute atomic E-state index is 0.0118. The van der Waals surface area contributed by atoms with Gasteiger partial charge < -0.3 is 9.42 Å². The van der Waals surface area contributed by atoms with E-state index in [1.54, 1.807) is 0 Å². The summed E-state index contributed by atoms with van der Waals surface area (Å²) in [6.45, 7) is 5.05. The van der Waals surface area contributed by atoms with Crippen LogP contribution in [0.4, 0.5) is 0 Å². The lowest BCUT2D eigenvalue weighted by Gasteiger charge is -2.22. The maximum atomic E-state index is 13.2. The monoisotopic (exact) mass is 411 g/mol. The Bertz CT molecular complexity index is 1150. The summed E-state index contributed by atoms with van der Waals surface area (Å²) in [5.41, 5.74) is 4.94. The Kier molecular flexibility index (Phi) is 6.22. The van der Waals surface area contributed by atoms with E-state index in [0.717, 1.165) is 22.3 Å². The number of aromatic nitrogens is 2. The molecule has 1 heterocycles. The van der Waals surface area contributed by atoms with Gasteiger partial charge in [0.2, 0.25) is 11.7 Å². The fourth-order valence-electron chi connectivity index (χ4n) is 3.42. The predicted molar refractivity (Wildman–Crippen MR) is 121 cm³/mol. The van der Waals surface area contributed by atoms with Gasteiger partial charge in [-0.15, -0.1) is 0 Å². The number of carbonyl (C=O) groups excluding carboxylic acids is 1. The van der Waals surface area contributed by atoms with E-state index in [0.29, 0.717) is 36.8 Å². The van der Waals surface area contributed by atoms with Crippen LogP contribution in [-0.4, -0.2) is 27.5 Å². The number of aryl methyl sites for hydroxylation is 2. The summed E-state index contributed by atoms with van der Waals surface area (Å²) in [4.78, 5) is 19.6. The maximum Gasteiger partial charge on any atom is 0.254 e. The van der Waals surface area contributed by atoms with Gasteiger partial charge >= 0.3 is 0 Å². The van der Waals surface area contributed by atoms with Crippen LogP contribution in [-0.2, 0) is 13.0 Å². The zero-order valence-corrected chi connectivity index (χ0v) is 17.8. The van der Waals surface area contributed by atoms with Crippen molar-refractivity contribution in [3.8, 4) is 11.4 Å². The fourth-order valence-corrected chi connectivity index (χ4v) is 3.42. The summed E-state index contributed by atoms with van der Waals surface area (Å²) < 4.78 is 5.46. The largest absolute Gasteiger partial charge is 0.339 e. The molecule has 0 radical (unpaired) electrons. The van der Waals surface area contributed by atoms with Crippen molar-refractivity contribution in [3.05, 3.63) is 107 Å². The number of nitrogens with zero attached hydrogens (tertiary/aromatic N) is 3. The fraction of sp³-hybridized carbons (Fsp3) is 0.192. The van der Waals surface area contributed by atoms with E-state index in [-0.39, 0.29) is 5.91 Å². The summed E-state index contributed by atoms with van der Waals surface area (Å²) in [5, 5.41) is 4.11. The molecule has 4 rings (SSSR count). The van der Waals surface area contributed by atoms with Gasteiger partial charge in [0, 0.05) is 30.6 Å². The maximum absolute atomic E-state index is 13.2. The molecule has 31 heavy (non-hydrogen) atoms. The molecule has 0 N–H and O–H groups in total. The van der Waals surface area contributed by atoms with Crippen LogP contribution < -0.4 is 0 Å². The number of hydrogen-bond acceptors (Lipinski definition) is 4. The van der Waals surface area contributed by atoms with Crippen LogP contribution in [0.2, 0.25) is 0 Å². The molecule has 1 aromatic heterocycles. The Morgan fingerprint density at radius 1 is 0.903 bits per heavy atom. The van der Waals surface area contributed by atoms with Gasteiger partial charge in [-0.3, -0.25) is 4.79 Å². The van der Waals surface area contributed by atoms with Crippen LogP contribution in [0.1, 0.15) is 32.9 Å². The SMILES string of the molecule is Cc1ccc(C(=O)N(CCc2nc(-c3cccc(C)c3)no2)Cc2ccccc2)cc1. The molecule has 0 aliphatic rings. The lowest BCUT2D eigenvalue weighted by Crippen LogP contribution is -2.32. The van der Waals surface area contributed by atoms with E-state index in [1.165, 1.54) is 0 Å². The van der Waals surface area contributed by atoms with Crippen LogP contribution in [0.25, 0.3) is 11.4 Å². The molecule has 0 fully saturated rings. The standard InChI is InChI=1S/C26H25N3O2/c1-19-11-13-22(14-12-19)26(30)29(18-21-8-4-3-5-9-21)16-15-24-27-25(28-31-24)23-10-6-7-20(2)17-23/h3-14,17H,15-16,18H2,1-2H3. The molecule has 5 nitrogen and oxygen atoms in total. The van der Waals surface area contributed by atoms with E-state index in [1.807, 2.05) is 97.6 Å². The third-order valence-electron chi connectivity index (χ3n) is 5.14. The highest BCUT2D eigenvalue weighted by Crippen LogP contribution is 2.18. The molecule has 1 amide bonds. The Hall–Kier alpha value is -3.73. The third-order valence-corrected chi connectivity index (χ3v) is 5.14. The van der Waals surface area contributed by atoms with Crippen LogP contribution in [0.5, 0.6) is 0 Å². The van der Waals surface area contributed by atoms with Crippen LogP contribution >= 0.6 is 0 Å². The summed E-state index contributed by atoms with van der Waals surface area (Å²) in [6, 6.07) is 25.6. The number of amides is 1. The topological polar surface area (TPSA) is 59.2 Å². The van der Waals surface area contributed by atoms with Crippen molar-refractivity contribution >= 4 is 5.91 Å². The lowest BCUT2D eigenvalue weighted by molar-refractivity contribution is 0.0741. The predicted octanol–water partition coefficient (Wildman–Crippen LogP) is 5.24. The molecule has 0 aliphatic heterocycles. The smallest absolute Gasteiger partial charge is 0.254 e. The molecule has 5 heteroatoms. The van der Waals surface area contributed by atoms with Crippen molar-refractivity contribution in [1.29, 1.82) is 0 Å². The molecule has 0 saturated carbocycles. The first-order valence-electron chi connectivity index (χ1n) is 10.4. The zero-order valence-electron chi connectivity index (χ0n) is 17.8. The molecular formula is C26H25N3O2.